The number of halogens is 2. The second kappa shape index (κ2) is 7.92. The van der Waals surface area contributed by atoms with Gasteiger partial charge in [0.05, 0.1) is 22.0 Å². The molecular weight excluding hydrogens is 414 g/mol. The molecule has 0 radical (unpaired) electrons. The molecule has 0 aliphatic rings. The van der Waals surface area contributed by atoms with Gasteiger partial charge in [0.25, 0.3) is 0 Å². The number of aromatic nitrogens is 3. The Labute approximate surface area is 173 Å². The van der Waals surface area contributed by atoms with E-state index in [4.69, 9.17) is 0 Å². The van der Waals surface area contributed by atoms with E-state index in [1.807, 2.05) is 25.1 Å². The third kappa shape index (κ3) is 4.30. The molecule has 4 rings (SSSR count). The molecule has 0 fully saturated rings. The Balaban J connectivity index is 1.43. The van der Waals surface area contributed by atoms with Gasteiger partial charge in [-0.15, -0.1) is 11.3 Å². The highest BCUT2D eigenvalue weighted by molar-refractivity contribution is 8.00. The zero-order chi connectivity index (χ0) is 20.5. The number of hydrogen-bond donors (Lipinski definition) is 2. The van der Waals surface area contributed by atoms with Crippen LogP contribution in [-0.2, 0) is 4.79 Å². The van der Waals surface area contributed by atoms with Crippen molar-refractivity contribution in [3.8, 4) is 11.3 Å². The molecule has 0 aliphatic heterocycles. The Morgan fingerprint density at radius 1 is 1.17 bits per heavy atom. The standard InChI is InChI=1S/C20H16F2N4OS2/c1-10-3-6-15-16(7-10)24-20(23-15)29-11(2)18(27)26-19-25-17(9-28-19)12-4-5-13(21)14(22)8-12/h3-9,11H,1-2H3,(H,23,24)(H,25,26,27)/t11-/m0/s1. The second-order valence-corrected chi connectivity index (χ2v) is 8.67. The van der Waals surface area contributed by atoms with Crippen molar-refractivity contribution in [1.29, 1.82) is 0 Å². The van der Waals surface area contributed by atoms with Gasteiger partial charge in [0.2, 0.25) is 5.91 Å². The minimum Gasteiger partial charge on any atom is -0.333 e. The number of aromatic amines is 1. The first-order chi connectivity index (χ1) is 13.9. The summed E-state index contributed by atoms with van der Waals surface area (Å²) in [6.07, 6.45) is 0. The Morgan fingerprint density at radius 2 is 2.00 bits per heavy atom. The van der Waals surface area contributed by atoms with Gasteiger partial charge in [-0.1, -0.05) is 17.8 Å². The van der Waals surface area contributed by atoms with Crippen LogP contribution in [0.3, 0.4) is 0 Å². The molecule has 0 unspecified atom stereocenters. The predicted octanol–water partition coefficient (Wildman–Crippen LogP) is 5.39. The third-order valence-electron chi connectivity index (χ3n) is 4.22. The molecule has 2 aromatic carbocycles. The fourth-order valence-corrected chi connectivity index (χ4v) is 4.25. The first kappa shape index (κ1) is 19.5. The molecule has 4 aromatic rings. The number of thiazole rings is 1. The topological polar surface area (TPSA) is 70.7 Å². The van der Waals surface area contributed by atoms with Crippen LogP contribution >= 0.6 is 23.1 Å². The average Bonchev–Trinajstić information content (AvgIpc) is 3.30. The van der Waals surface area contributed by atoms with Crippen molar-refractivity contribution < 1.29 is 13.6 Å². The van der Waals surface area contributed by atoms with Crippen LogP contribution in [0, 0.1) is 18.6 Å². The number of benzene rings is 2. The summed E-state index contributed by atoms with van der Waals surface area (Å²) in [6, 6.07) is 9.51. The largest absolute Gasteiger partial charge is 0.333 e. The molecule has 148 valence electrons. The summed E-state index contributed by atoms with van der Waals surface area (Å²) in [7, 11) is 0. The number of H-pyrrole nitrogens is 1. The number of amides is 1. The van der Waals surface area contributed by atoms with Gasteiger partial charge in [-0.05, 0) is 49.7 Å². The van der Waals surface area contributed by atoms with Crippen molar-refractivity contribution in [3.05, 3.63) is 59.0 Å². The van der Waals surface area contributed by atoms with Crippen molar-refractivity contribution in [3.63, 3.8) is 0 Å². The molecule has 9 heteroatoms. The number of aryl methyl sites for hydroxylation is 1. The predicted molar refractivity (Wildman–Crippen MR) is 112 cm³/mol. The van der Waals surface area contributed by atoms with Crippen LogP contribution in [0.5, 0.6) is 0 Å². The summed E-state index contributed by atoms with van der Waals surface area (Å²) in [4.78, 5) is 24.5. The van der Waals surface area contributed by atoms with Crippen molar-refractivity contribution in [2.24, 2.45) is 0 Å². The maximum atomic E-state index is 13.4. The second-order valence-electron chi connectivity index (χ2n) is 6.48. The number of nitrogens with zero attached hydrogens (tertiary/aromatic N) is 2. The number of thioether (sulfide) groups is 1. The zero-order valence-electron chi connectivity index (χ0n) is 15.5. The lowest BCUT2D eigenvalue weighted by molar-refractivity contribution is -0.115. The summed E-state index contributed by atoms with van der Waals surface area (Å²) in [5, 5.41) is 5.08. The van der Waals surface area contributed by atoms with E-state index >= 15 is 0 Å². The number of fused-ring (bicyclic) bond motifs is 1. The van der Waals surface area contributed by atoms with Gasteiger partial charge in [-0.2, -0.15) is 0 Å². The Morgan fingerprint density at radius 3 is 2.79 bits per heavy atom. The summed E-state index contributed by atoms with van der Waals surface area (Å²) < 4.78 is 26.5. The first-order valence-corrected chi connectivity index (χ1v) is 10.5. The molecule has 1 atom stereocenters. The summed E-state index contributed by atoms with van der Waals surface area (Å²) in [5.74, 6) is -2.07. The van der Waals surface area contributed by atoms with Gasteiger partial charge in [0.1, 0.15) is 0 Å². The van der Waals surface area contributed by atoms with Crippen LogP contribution in [0.25, 0.3) is 22.3 Å². The highest BCUT2D eigenvalue weighted by atomic mass is 32.2. The molecule has 2 N–H and O–H groups in total. The Kier molecular flexibility index (Phi) is 5.33. The summed E-state index contributed by atoms with van der Waals surface area (Å²) in [6.45, 7) is 3.79. The molecule has 1 amide bonds. The molecule has 0 bridgehead atoms. The third-order valence-corrected chi connectivity index (χ3v) is 5.96. The number of anilines is 1. The monoisotopic (exact) mass is 430 g/mol. The molecule has 29 heavy (non-hydrogen) atoms. The highest BCUT2D eigenvalue weighted by Crippen LogP contribution is 2.28. The molecule has 0 aliphatic carbocycles. The van der Waals surface area contributed by atoms with Gasteiger partial charge in [0, 0.05) is 10.9 Å². The van der Waals surface area contributed by atoms with E-state index in [9.17, 15) is 13.6 Å². The number of nitrogens with one attached hydrogen (secondary N) is 2. The Hall–Kier alpha value is -2.78. The number of rotatable bonds is 5. The van der Waals surface area contributed by atoms with Crippen molar-refractivity contribution in [2.45, 2.75) is 24.3 Å². The minimum absolute atomic E-state index is 0.224. The summed E-state index contributed by atoms with van der Waals surface area (Å²) in [5.41, 5.74) is 3.82. The van der Waals surface area contributed by atoms with Gasteiger partial charge in [0.15, 0.2) is 21.9 Å². The van der Waals surface area contributed by atoms with Gasteiger partial charge in [-0.25, -0.2) is 18.7 Å². The molecular formula is C20H16F2N4OS2. The fourth-order valence-electron chi connectivity index (χ4n) is 2.70. The Bertz CT molecular complexity index is 1200. The van der Waals surface area contributed by atoms with E-state index in [-0.39, 0.29) is 5.91 Å². The van der Waals surface area contributed by atoms with E-state index in [0.717, 1.165) is 28.7 Å². The maximum absolute atomic E-state index is 13.4. The van der Waals surface area contributed by atoms with Crippen molar-refractivity contribution >= 4 is 45.2 Å². The lowest BCUT2D eigenvalue weighted by atomic mass is 10.2. The van der Waals surface area contributed by atoms with Crippen molar-refractivity contribution in [1.82, 2.24) is 15.0 Å². The number of carbonyl (C=O) groups excluding carboxylic acids is 1. The number of carbonyl (C=O) groups is 1. The molecule has 2 heterocycles. The van der Waals surface area contributed by atoms with E-state index in [0.29, 0.717) is 21.5 Å². The quantitative estimate of drug-likeness (QED) is 0.416. The molecule has 5 nitrogen and oxygen atoms in total. The lowest BCUT2D eigenvalue weighted by Gasteiger charge is -2.08. The van der Waals surface area contributed by atoms with Crippen molar-refractivity contribution in [2.75, 3.05) is 5.32 Å². The van der Waals surface area contributed by atoms with E-state index in [1.54, 1.807) is 12.3 Å². The van der Waals surface area contributed by atoms with Gasteiger partial charge >= 0.3 is 0 Å². The van der Waals surface area contributed by atoms with E-state index in [1.165, 1.54) is 29.2 Å². The van der Waals surface area contributed by atoms with Gasteiger partial charge in [-0.3, -0.25) is 4.79 Å². The molecule has 0 saturated heterocycles. The summed E-state index contributed by atoms with van der Waals surface area (Å²) >= 11 is 2.54. The SMILES string of the molecule is Cc1ccc2nc(S[C@@H](C)C(=O)Nc3nc(-c4ccc(F)c(F)c4)cs3)[nH]c2c1. The van der Waals surface area contributed by atoms with Crippen LogP contribution in [0.15, 0.2) is 46.9 Å². The smallest absolute Gasteiger partial charge is 0.239 e. The van der Waals surface area contributed by atoms with Crippen LogP contribution in [0.4, 0.5) is 13.9 Å². The zero-order valence-corrected chi connectivity index (χ0v) is 17.1. The fraction of sp³-hybridized carbons (Fsp3) is 0.150. The maximum Gasteiger partial charge on any atom is 0.239 e. The van der Waals surface area contributed by atoms with Crippen LogP contribution in [0.1, 0.15) is 12.5 Å². The molecule has 0 saturated carbocycles. The number of imidazole rings is 1. The first-order valence-electron chi connectivity index (χ1n) is 8.74. The lowest BCUT2D eigenvalue weighted by Crippen LogP contribution is -2.22. The number of hydrogen-bond acceptors (Lipinski definition) is 5. The minimum atomic E-state index is -0.938. The average molecular weight is 431 g/mol. The van der Waals surface area contributed by atoms with Gasteiger partial charge < -0.3 is 10.3 Å². The van der Waals surface area contributed by atoms with Crippen LogP contribution < -0.4 is 5.32 Å². The molecule has 0 spiro atoms. The van der Waals surface area contributed by atoms with Crippen LogP contribution in [-0.4, -0.2) is 26.1 Å². The highest BCUT2D eigenvalue weighted by Gasteiger charge is 2.18. The molecule has 2 aromatic heterocycles. The van der Waals surface area contributed by atoms with Crippen LogP contribution in [0.2, 0.25) is 0 Å². The van der Waals surface area contributed by atoms with E-state index in [2.05, 4.69) is 20.3 Å². The normalized spacial score (nSPS) is 12.3. The van der Waals surface area contributed by atoms with E-state index < -0.39 is 16.9 Å².